The number of allylic oxidation sites excluding steroid dienone is 1. The molecule has 0 aliphatic carbocycles. The lowest BCUT2D eigenvalue weighted by atomic mass is 10.1. The van der Waals surface area contributed by atoms with Gasteiger partial charge in [-0.05, 0) is 55.0 Å². The molecular weight excluding hydrogens is 316 g/mol. The molecule has 2 aromatic carbocycles. The molecular formula is C20H22N2O3. The van der Waals surface area contributed by atoms with Crippen LogP contribution < -0.4 is 10.2 Å². The molecule has 5 nitrogen and oxygen atoms in total. The van der Waals surface area contributed by atoms with E-state index in [0.717, 1.165) is 11.3 Å². The summed E-state index contributed by atoms with van der Waals surface area (Å²) >= 11 is 0. The third-order valence-corrected chi connectivity index (χ3v) is 3.53. The molecule has 0 aliphatic rings. The second-order valence-electron chi connectivity index (χ2n) is 5.61. The molecule has 0 saturated carbocycles. The summed E-state index contributed by atoms with van der Waals surface area (Å²) in [6, 6.07) is 14.6. The molecule has 2 aromatic rings. The van der Waals surface area contributed by atoms with Crippen LogP contribution in [-0.2, 0) is 4.74 Å². The Labute approximate surface area is 147 Å². The van der Waals surface area contributed by atoms with Gasteiger partial charge in [0.05, 0.1) is 6.61 Å². The summed E-state index contributed by atoms with van der Waals surface area (Å²) in [5.74, 6) is -0.0978. The van der Waals surface area contributed by atoms with Crippen LogP contribution in [0.5, 0.6) is 0 Å². The van der Waals surface area contributed by atoms with Crippen molar-refractivity contribution >= 4 is 29.3 Å². The fourth-order valence-corrected chi connectivity index (χ4v) is 2.15. The van der Waals surface area contributed by atoms with Crippen molar-refractivity contribution in [3.8, 4) is 0 Å². The molecule has 1 amide bonds. The van der Waals surface area contributed by atoms with E-state index in [4.69, 9.17) is 4.74 Å². The van der Waals surface area contributed by atoms with Crippen molar-refractivity contribution in [1.82, 2.24) is 0 Å². The third kappa shape index (κ3) is 5.49. The Hall–Kier alpha value is -3.08. The Morgan fingerprint density at radius 2 is 1.68 bits per heavy atom. The van der Waals surface area contributed by atoms with Gasteiger partial charge >= 0.3 is 6.09 Å². The van der Waals surface area contributed by atoms with Gasteiger partial charge in [0.25, 0.3) is 0 Å². The zero-order valence-corrected chi connectivity index (χ0v) is 14.7. The fourth-order valence-electron chi connectivity index (χ4n) is 2.15. The standard InChI is InChI=1S/C20H22N2O3/c1-4-25-20(24)21-17-10-8-16(9-11-17)19(23)14-7-15-5-12-18(13-6-15)22(2)3/h5-14H,4H2,1-3H3,(H,21,24)/b14-7-. The normalized spacial score (nSPS) is 10.5. The lowest BCUT2D eigenvalue weighted by molar-refractivity contribution is 0.104. The minimum atomic E-state index is -0.511. The highest BCUT2D eigenvalue weighted by Gasteiger charge is 2.05. The SMILES string of the molecule is CCOC(=O)Nc1ccc(C(=O)/C=C\c2ccc(N(C)C)cc2)cc1. The summed E-state index contributed by atoms with van der Waals surface area (Å²) in [6.45, 7) is 2.05. The molecule has 130 valence electrons. The van der Waals surface area contributed by atoms with Crippen LogP contribution >= 0.6 is 0 Å². The number of carbonyl (C=O) groups excluding carboxylic acids is 2. The summed E-state index contributed by atoms with van der Waals surface area (Å²) in [5.41, 5.74) is 3.20. The van der Waals surface area contributed by atoms with Gasteiger partial charge in [0, 0.05) is 31.0 Å². The highest BCUT2D eigenvalue weighted by atomic mass is 16.5. The Morgan fingerprint density at radius 3 is 2.24 bits per heavy atom. The van der Waals surface area contributed by atoms with Gasteiger partial charge in [-0.1, -0.05) is 18.2 Å². The first-order valence-corrected chi connectivity index (χ1v) is 8.03. The van der Waals surface area contributed by atoms with Gasteiger partial charge in [0.1, 0.15) is 0 Å². The van der Waals surface area contributed by atoms with Crippen LogP contribution in [0.15, 0.2) is 54.6 Å². The average Bonchev–Trinajstić information content (AvgIpc) is 2.61. The lowest BCUT2D eigenvalue weighted by Crippen LogP contribution is -2.13. The van der Waals surface area contributed by atoms with Crippen LogP contribution in [-0.4, -0.2) is 32.6 Å². The van der Waals surface area contributed by atoms with E-state index in [9.17, 15) is 9.59 Å². The molecule has 0 aromatic heterocycles. The zero-order chi connectivity index (χ0) is 18.2. The van der Waals surface area contributed by atoms with E-state index in [1.807, 2.05) is 43.3 Å². The Bertz CT molecular complexity index is 748. The number of amides is 1. The van der Waals surface area contributed by atoms with Crippen LogP contribution in [0, 0.1) is 0 Å². The van der Waals surface area contributed by atoms with Gasteiger partial charge in [-0.3, -0.25) is 10.1 Å². The number of nitrogens with one attached hydrogen (secondary N) is 1. The van der Waals surface area contributed by atoms with Crippen molar-refractivity contribution in [2.45, 2.75) is 6.92 Å². The second kappa shape index (κ2) is 8.68. The largest absolute Gasteiger partial charge is 0.450 e. The molecule has 0 atom stereocenters. The van der Waals surface area contributed by atoms with E-state index in [1.165, 1.54) is 0 Å². The van der Waals surface area contributed by atoms with E-state index in [2.05, 4.69) is 5.32 Å². The van der Waals surface area contributed by atoms with Crippen molar-refractivity contribution in [3.05, 3.63) is 65.7 Å². The maximum Gasteiger partial charge on any atom is 0.411 e. The van der Waals surface area contributed by atoms with Crippen molar-refractivity contribution < 1.29 is 14.3 Å². The molecule has 1 N–H and O–H groups in total. The van der Waals surface area contributed by atoms with E-state index < -0.39 is 6.09 Å². The Balaban J connectivity index is 1.99. The van der Waals surface area contributed by atoms with Crippen LogP contribution in [0.2, 0.25) is 0 Å². The Morgan fingerprint density at radius 1 is 1.04 bits per heavy atom. The number of benzene rings is 2. The zero-order valence-electron chi connectivity index (χ0n) is 14.7. The fraction of sp³-hybridized carbons (Fsp3) is 0.200. The van der Waals surface area contributed by atoms with Crippen LogP contribution in [0.4, 0.5) is 16.2 Å². The molecule has 0 radical (unpaired) electrons. The first-order valence-electron chi connectivity index (χ1n) is 8.03. The number of anilines is 2. The quantitative estimate of drug-likeness (QED) is 0.633. The number of nitrogens with zero attached hydrogens (tertiary/aromatic N) is 1. The van der Waals surface area contributed by atoms with E-state index >= 15 is 0 Å². The third-order valence-electron chi connectivity index (χ3n) is 3.53. The van der Waals surface area contributed by atoms with Crippen LogP contribution in [0.3, 0.4) is 0 Å². The van der Waals surface area contributed by atoms with Gasteiger partial charge in [-0.2, -0.15) is 0 Å². The van der Waals surface area contributed by atoms with Crippen LogP contribution in [0.1, 0.15) is 22.8 Å². The minimum absolute atomic E-state index is 0.0978. The molecule has 0 heterocycles. The molecule has 2 rings (SSSR count). The van der Waals surface area contributed by atoms with E-state index in [0.29, 0.717) is 17.9 Å². The summed E-state index contributed by atoms with van der Waals surface area (Å²) in [6.07, 6.45) is 2.81. The maximum absolute atomic E-state index is 12.2. The topological polar surface area (TPSA) is 58.6 Å². The number of ketones is 1. The number of hydrogen-bond acceptors (Lipinski definition) is 4. The molecule has 0 aliphatic heterocycles. The summed E-state index contributed by atoms with van der Waals surface area (Å²) in [5, 5.41) is 2.59. The summed E-state index contributed by atoms with van der Waals surface area (Å²) in [7, 11) is 3.96. The second-order valence-corrected chi connectivity index (χ2v) is 5.61. The van der Waals surface area contributed by atoms with Gasteiger partial charge in [-0.15, -0.1) is 0 Å². The monoisotopic (exact) mass is 338 g/mol. The van der Waals surface area contributed by atoms with Gasteiger partial charge < -0.3 is 9.64 Å². The number of ether oxygens (including phenoxy) is 1. The minimum Gasteiger partial charge on any atom is -0.450 e. The first kappa shape index (κ1) is 18.3. The molecule has 25 heavy (non-hydrogen) atoms. The van der Waals surface area contributed by atoms with Crippen molar-refractivity contribution in [2.75, 3.05) is 30.9 Å². The number of hydrogen-bond donors (Lipinski definition) is 1. The highest BCUT2D eigenvalue weighted by molar-refractivity contribution is 6.07. The van der Waals surface area contributed by atoms with Crippen molar-refractivity contribution in [2.24, 2.45) is 0 Å². The van der Waals surface area contributed by atoms with Gasteiger partial charge in [0.2, 0.25) is 0 Å². The van der Waals surface area contributed by atoms with Crippen LogP contribution in [0.25, 0.3) is 6.08 Å². The molecule has 0 saturated heterocycles. The van der Waals surface area contributed by atoms with Gasteiger partial charge in [-0.25, -0.2) is 4.79 Å². The van der Waals surface area contributed by atoms with E-state index in [-0.39, 0.29) is 5.78 Å². The molecule has 5 heteroatoms. The maximum atomic E-state index is 12.2. The number of carbonyl (C=O) groups is 2. The highest BCUT2D eigenvalue weighted by Crippen LogP contribution is 2.14. The predicted octanol–water partition coefficient (Wildman–Crippen LogP) is 4.22. The summed E-state index contributed by atoms with van der Waals surface area (Å²) < 4.78 is 4.80. The van der Waals surface area contributed by atoms with Gasteiger partial charge in [0.15, 0.2) is 5.78 Å². The molecule has 0 bridgehead atoms. The lowest BCUT2D eigenvalue weighted by Gasteiger charge is -2.11. The molecule has 0 fully saturated rings. The molecule has 0 spiro atoms. The molecule has 0 unspecified atom stereocenters. The summed E-state index contributed by atoms with van der Waals surface area (Å²) in [4.78, 5) is 25.6. The van der Waals surface area contributed by atoms with Crippen molar-refractivity contribution in [1.29, 1.82) is 0 Å². The van der Waals surface area contributed by atoms with E-state index in [1.54, 1.807) is 43.3 Å². The smallest absolute Gasteiger partial charge is 0.411 e. The predicted molar refractivity (Wildman–Crippen MR) is 101 cm³/mol. The Kier molecular flexibility index (Phi) is 6.34. The average molecular weight is 338 g/mol. The first-order chi connectivity index (χ1) is 12.0. The number of rotatable bonds is 6. The van der Waals surface area contributed by atoms with Crippen molar-refractivity contribution in [3.63, 3.8) is 0 Å².